The van der Waals surface area contributed by atoms with Gasteiger partial charge in [0, 0.05) is 0 Å². The van der Waals surface area contributed by atoms with Crippen LogP contribution >= 0.6 is 12.2 Å². The van der Waals surface area contributed by atoms with Crippen LogP contribution in [0.2, 0.25) is 0 Å². The summed E-state index contributed by atoms with van der Waals surface area (Å²) in [5, 5.41) is 0.490. The maximum atomic E-state index is 4.96. The second-order valence-electron chi connectivity index (χ2n) is 2.61. The molecule has 1 rings (SSSR count). The van der Waals surface area contributed by atoms with Crippen molar-refractivity contribution in [2.75, 3.05) is 7.11 Å². The van der Waals surface area contributed by atoms with Gasteiger partial charge in [0.15, 0.2) is 0 Å². The van der Waals surface area contributed by atoms with Crippen molar-refractivity contribution in [3.8, 4) is 0 Å². The number of hydrogen-bond donors (Lipinski definition) is 0. The topological polar surface area (TPSA) is 9.23 Å². The largest absolute Gasteiger partial charge is 1.00 e. The van der Waals surface area contributed by atoms with E-state index in [-0.39, 0.29) is 18.9 Å². The number of methoxy groups -OCH3 is 1. The normalized spacial score (nSPS) is 10.3. The fourth-order valence-electron chi connectivity index (χ4n) is 0.942. The van der Waals surface area contributed by atoms with E-state index >= 15 is 0 Å². The van der Waals surface area contributed by atoms with Crippen LogP contribution in [0, 0.1) is 6.08 Å². The number of ether oxygens (including phenoxy) is 1. The molecule has 0 saturated heterocycles. The van der Waals surface area contributed by atoms with E-state index in [2.05, 4.69) is 6.08 Å². The Bertz CT molecular complexity index is 319. The molecule has 3 heteroatoms. The summed E-state index contributed by atoms with van der Waals surface area (Å²) in [6, 6.07) is 9.84. The first-order chi connectivity index (χ1) is 6.24. The van der Waals surface area contributed by atoms with Gasteiger partial charge in [-0.1, -0.05) is 18.6 Å². The molecule has 14 heavy (non-hydrogen) atoms. The molecule has 0 N–H and O–H groups in total. The SMILES string of the molecule is COC(=S)C(C)=[C-]c1ccccc1.[Li+]. The summed E-state index contributed by atoms with van der Waals surface area (Å²) >= 11 is 4.96. The predicted octanol–water partition coefficient (Wildman–Crippen LogP) is -0.238. The van der Waals surface area contributed by atoms with Gasteiger partial charge in [0.2, 0.25) is 0 Å². The van der Waals surface area contributed by atoms with Crippen LogP contribution in [0.3, 0.4) is 0 Å². The Morgan fingerprint density at radius 1 is 1.29 bits per heavy atom. The number of hydrogen-bond acceptors (Lipinski definition) is 2. The summed E-state index contributed by atoms with van der Waals surface area (Å²) in [6.07, 6.45) is 3.14. The van der Waals surface area contributed by atoms with Gasteiger partial charge in [-0.2, -0.15) is 0 Å². The minimum absolute atomic E-state index is 0. The van der Waals surface area contributed by atoms with Crippen LogP contribution in [0.5, 0.6) is 0 Å². The first-order valence-corrected chi connectivity index (χ1v) is 4.39. The van der Waals surface area contributed by atoms with E-state index in [0.29, 0.717) is 5.05 Å². The fraction of sp³-hybridized carbons (Fsp3) is 0.182. The molecule has 0 unspecified atom stereocenters. The van der Waals surface area contributed by atoms with Crippen molar-refractivity contribution in [1.29, 1.82) is 0 Å². The van der Waals surface area contributed by atoms with Gasteiger partial charge in [-0.15, -0.1) is 48.1 Å². The summed E-state index contributed by atoms with van der Waals surface area (Å²) in [5.74, 6) is 0. The molecular formula is C11H11LiOS. The van der Waals surface area contributed by atoms with E-state index in [1.165, 1.54) is 0 Å². The monoisotopic (exact) mass is 198 g/mol. The Morgan fingerprint density at radius 2 is 1.86 bits per heavy atom. The van der Waals surface area contributed by atoms with Crippen molar-refractivity contribution in [3.63, 3.8) is 0 Å². The summed E-state index contributed by atoms with van der Waals surface area (Å²) in [5.41, 5.74) is 1.86. The molecule has 0 heterocycles. The van der Waals surface area contributed by atoms with Crippen LogP contribution in [-0.2, 0) is 4.74 Å². The van der Waals surface area contributed by atoms with Crippen LogP contribution in [0.4, 0.5) is 0 Å². The van der Waals surface area contributed by atoms with Gasteiger partial charge in [-0.05, 0) is 0 Å². The first-order valence-electron chi connectivity index (χ1n) is 3.98. The van der Waals surface area contributed by atoms with Crippen LogP contribution < -0.4 is 18.9 Å². The van der Waals surface area contributed by atoms with Gasteiger partial charge in [-0.3, -0.25) is 0 Å². The van der Waals surface area contributed by atoms with E-state index in [1.54, 1.807) is 7.11 Å². The van der Waals surface area contributed by atoms with E-state index in [1.807, 2.05) is 37.3 Å². The molecule has 0 atom stereocenters. The average molecular weight is 198 g/mol. The molecule has 0 aliphatic heterocycles. The van der Waals surface area contributed by atoms with Crippen molar-refractivity contribution >= 4 is 17.3 Å². The van der Waals surface area contributed by atoms with Crippen molar-refractivity contribution < 1.29 is 23.6 Å². The van der Waals surface area contributed by atoms with Crippen molar-refractivity contribution in [2.45, 2.75) is 6.92 Å². The summed E-state index contributed by atoms with van der Waals surface area (Å²) < 4.78 is 4.92. The number of benzene rings is 1. The Labute approximate surface area is 102 Å². The molecule has 0 fully saturated rings. The second kappa shape index (κ2) is 6.84. The Hall–Kier alpha value is -0.553. The molecule has 0 bridgehead atoms. The minimum Gasteiger partial charge on any atom is -0.529 e. The summed E-state index contributed by atoms with van der Waals surface area (Å²) in [6.45, 7) is 1.89. The van der Waals surface area contributed by atoms with E-state index in [9.17, 15) is 0 Å². The molecule has 0 spiro atoms. The molecule has 0 aromatic heterocycles. The third-order valence-electron chi connectivity index (χ3n) is 1.60. The first kappa shape index (κ1) is 13.4. The standard InChI is InChI=1S/C11H11OS.Li/c1-9(11(13)12-2)8-10-6-4-3-5-7-10;/h3-7H,1-2H3;/q-1;+1. The van der Waals surface area contributed by atoms with Crippen molar-refractivity contribution in [1.82, 2.24) is 0 Å². The fourth-order valence-corrected chi connectivity index (χ4v) is 0.993. The maximum Gasteiger partial charge on any atom is 1.00 e. The van der Waals surface area contributed by atoms with E-state index in [0.717, 1.165) is 11.1 Å². The molecule has 68 valence electrons. The van der Waals surface area contributed by atoms with E-state index in [4.69, 9.17) is 17.0 Å². The predicted molar refractivity (Wildman–Crippen MR) is 57.6 cm³/mol. The quantitative estimate of drug-likeness (QED) is 0.281. The van der Waals surface area contributed by atoms with Crippen molar-refractivity contribution in [3.05, 3.63) is 47.5 Å². The molecule has 0 saturated carbocycles. The molecule has 0 aliphatic carbocycles. The zero-order chi connectivity index (χ0) is 9.68. The van der Waals surface area contributed by atoms with Gasteiger partial charge >= 0.3 is 18.9 Å². The molecular weight excluding hydrogens is 187 g/mol. The maximum absolute atomic E-state index is 4.96. The summed E-state index contributed by atoms with van der Waals surface area (Å²) in [7, 11) is 1.57. The molecule has 1 nitrogen and oxygen atoms in total. The third kappa shape index (κ3) is 4.10. The van der Waals surface area contributed by atoms with Crippen LogP contribution in [0.1, 0.15) is 12.5 Å². The zero-order valence-electron chi connectivity index (χ0n) is 8.70. The smallest absolute Gasteiger partial charge is 0.529 e. The third-order valence-corrected chi connectivity index (χ3v) is 2.07. The van der Waals surface area contributed by atoms with Crippen LogP contribution in [-0.4, -0.2) is 12.2 Å². The van der Waals surface area contributed by atoms with Gasteiger partial charge in [0.05, 0.1) is 7.11 Å². The Balaban J connectivity index is 0.00000169. The number of thiocarbonyl (C=S) groups is 1. The molecule has 1 aromatic rings. The molecule has 0 radical (unpaired) electrons. The number of rotatable bonds is 2. The van der Waals surface area contributed by atoms with E-state index < -0.39 is 0 Å². The van der Waals surface area contributed by atoms with Crippen LogP contribution in [0.15, 0.2) is 35.9 Å². The average Bonchev–Trinajstić information content (AvgIpc) is 2.18. The van der Waals surface area contributed by atoms with Crippen molar-refractivity contribution in [2.24, 2.45) is 0 Å². The van der Waals surface area contributed by atoms with Gasteiger partial charge in [-0.25, -0.2) is 0 Å². The van der Waals surface area contributed by atoms with Gasteiger partial charge in [0.1, 0.15) is 5.05 Å². The minimum atomic E-state index is 0. The molecule has 0 aliphatic rings. The van der Waals surface area contributed by atoms with Gasteiger partial charge in [0.25, 0.3) is 0 Å². The zero-order valence-corrected chi connectivity index (χ0v) is 9.52. The Morgan fingerprint density at radius 3 is 2.36 bits per heavy atom. The van der Waals surface area contributed by atoms with Gasteiger partial charge < -0.3 is 4.74 Å². The Kier molecular flexibility index (Phi) is 6.57. The van der Waals surface area contributed by atoms with Crippen LogP contribution in [0.25, 0.3) is 0 Å². The molecule has 1 aromatic carbocycles. The summed E-state index contributed by atoms with van der Waals surface area (Å²) in [4.78, 5) is 0. The second-order valence-corrected chi connectivity index (χ2v) is 2.98. The molecule has 0 amide bonds.